The quantitative estimate of drug-likeness (QED) is 0.876. The molecule has 0 aliphatic carbocycles. The average molecular weight is 324 g/mol. The van der Waals surface area contributed by atoms with E-state index in [0.717, 1.165) is 17.7 Å². The minimum Gasteiger partial charge on any atom is -0.369 e. The van der Waals surface area contributed by atoms with Gasteiger partial charge in [0, 0.05) is 11.3 Å². The van der Waals surface area contributed by atoms with Crippen LogP contribution in [0.1, 0.15) is 25.0 Å². The summed E-state index contributed by atoms with van der Waals surface area (Å²) in [5.41, 5.74) is 1.84. The van der Waals surface area contributed by atoms with E-state index in [2.05, 4.69) is 17.2 Å². The molecule has 0 aromatic heterocycles. The summed E-state index contributed by atoms with van der Waals surface area (Å²) in [6.45, 7) is 3.74. The highest BCUT2D eigenvalue weighted by molar-refractivity contribution is 7.80. The summed E-state index contributed by atoms with van der Waals surface area (Å²) in [6.07, 6.45) is 0.733. The Kier molecular flexibility index (Phi) is 4.28. The number of hydrazone groups is 1. The maximum absolute atomic E-state index is 11.1. The molecule has 0 bridgehead atoms. The Bertz CT molecular complexity index is 726. The Balaban J connectivity index is 1.86. The van der Waals surface area contributed by atoms with Crippen LogP contribution in [0.2, 0.25) is 0 Å². The number of benzene rings is 2. The summed E-state index contributed by atoms with van der Waals surface area (Å²) < 4.78 is 0. The third kappa shape index (κ3) is 3.05. The molecule has 1 aliphatic heterocycles. The van der Waals surface area contributed by atoms with Crippen molar-refractivity contribution in [3.63, 3.8) is 0 Å². The van der Waals surface area contributed by atoms with E-state index in [-0.39, 0.29) is 5.92 Å². The van der Waals surface area contributed by atoms with E-state index in [9.17, 15) is 5.11 Å². The molecule has 4 heteroatoms. The summed E-state index contributed by atoms with van der Waals surface area (Å²) in [7, 11) is 0. The third-order valence-electron chi connectivity index (χ3n) is 4.35. The van der Waals surface area contributed by atoms with Gasteiger partial charge in [0.25, 0.3) is 0 Å². The van der Waals surface area contributed by atoms with Gasteiger partial charge in [-0.1, -0.05) is 72.9 Å². The standard InChI is InChI=1S/C19H20N2OS/c1-14-17(13-15-9-5-3-6-10-15)19(2,22)21(20-14)18(23)16-11-7-4-8-12-16/h3-12,17,22H,13H2,1-2H3/t17?,19-/m0/s1. The van der Waals surface area contributed by atoms with Crippen molar-refractivity contribution in [2.45, 2.75) is 26.0 Å². The lowest BCUT2D eigenvalue weighted by atomic mass is 9.87. The zero-order valence-corrected chi connectivity index (χ0v) is 14.1. The van der Waals surface area contributed by atoms with Gasteiger partial charge in [-0.25, -0.2) is 5.01 Å². The van der Waals surface area contributed by atoms with Crippen LogP contribution in [0.25, 0.3) is 0 Å². The number of thiocarbonyl (C=S) groups is 1. The van der Waals surface area contributed by atoms with E-state index in [1.807, 2.05) is 55.5 Å². The van der Waals surface area contributed by atoms with E-state index >= 15 is 0 Å². The minimum atomic E-state index is -1.13. The zero-order chi connectivity index (χ0) is 16.4. The van der Waals surface area contributed by atoms with Crippen molar-refractivity contribution in [1.82, 2.24) is 5.01 Å². The van der Waals surface area contributed by atoms with Gasteiger partial charge >= 0.3 is 0 Å². The average Bonchev–Trinajstić information content (AvgIpc) is 2.79. The van der Waals surface area contributed by atoms with Gasteiger partial charge in [0.05, 0.1) is 5.92 Å². The van der Waals surface area contributed by atoms with Gasteiger partial charge in [-0.05, 0) is 25.8 Å². The van der Waals surface area contributed by atoms with Crippen LogP contribution in [-0.4, -0.2) is 26.5 Å². The zero-order valence-electron chi connectivity index (χ0n) is 13.3. The van der Waals surface area contributed by atoms with E-state index in [1.165, 1.54) is 5.56 Å². The van der Waals surface area contributed by atoms with Crippen LogP contribution >= 0.6 is 12.2 Å². The lowest BCUT2D eigenvalue weighted by molar-refractivity contribution is -0.0636. The summed E-state index contributed by atoms with van der Waals surface area (Å²) in [5.74, 6) is -0.0911. The van der Waals surface area contributed by atoms with Gasteiger partial charge in [0.15, 0.2) is 5.72 Å². The van der Waals surface area contributed by atoms with Crippen LogP contribution in [0, 0.1) is 5.92 Å². The third-order valence-corrected chi connectivity index (χ3v) is 4.76. The SMILES string of the molecule is CC1=NN(C(=S)c2ccccc2)[C@@](C)(O)C1Cc1ccccc1. The first-order valence-electron chi connectivity index (χ1n) is 7.71. The second kappa shape index (κ2) is 6.22. The van der Waals surface area contributed by atoms with Crippen molar-refractivity contribution in [3.8, 4) is 0 Å². The topological polar surface area (TPSA) is 35.8 Å². The van der Waals surface area contributed by atoms with Crippen LogP contribution in [0.3, 0.4) is 0 Å². The lowest BCUT2D eigenvalue weighted by Gasteiger charge is -2.34. The molecule has 0 amide bonds. The fraction of sp³-hybridized carbons (Fsp3) is 0.263. The molecule has 0 fully saturated rings. The summed E-state index contributed by atoms with van der Waals surface area (Å²) >= 11 is 5.56. The molecule has 1 aliphatic rings. The number of hydrogen-bond acceptors (Lipinski definition) is 3. The Hall–Kier alpha value is -2.04. The van der Waals surface area contributed by atoms with Crippen molar-refractivity contribution in [3.05, 3.63) is 71.8 Å². The highest BCUT2D eigenvalue weighted by Crippen LogP contribution is 2.34. The molecule has 1 N–H and O–H groups in total. The first-order chi connectivity index (χ1) is 11.0. The van der Waals surface area contributed by atoms with Gasteiger partial charge in [0.1, 0.15) is 4.99 Å². The number of aliphatic hydroxyl groups is 1. The highest BCUT2D eigenvalue weighted by Gasteiger charge is 2.46. The first kappa shape index (κ1) is 15.8. The van der Waals surface area contributed by atoms with E-state index in [4.69, 9.17) is 12.2 Å². The number of nitrogens with zero attached hydrogens (tertiary/aromatic N) is 2. The van der Waals surface area contributed by atoms with Gasteiger partial charge < -0.3 is 5.11 Å². The molecule has 2 aromatic carbocycles. The van der Waals surface area contributed by atoms with Crippen molar-refractivity contribution < 1.29 is 5.11 Å². The summed E-state index contributed by atoms with van der Waals surface area (Å²) in [6, 6.07) is 19.9. The molecule has 0 saturated carbocycles. The normalized spacial score (nSPS) is 23.7. The summed E-state index contributed by atoms with van der Waals surface area (Å²) in [4.78, 5) is 0.547. The van der Waals surface area contributed by atoms with Crippen molar-refractivity contribution >= 4 is 22.9 Å². The molecule has 1 heterocycles. The molecule has 23 heavy (non-hydrogen) atoms. The smallest absolute Gasteiger partial charge is 0.165 e. The summed E-state index contributed by atoms with van der Waals surface area (Å²) in [5, 5.41) is 17.2. The molecule has 2 aromatic rings. The Labute approximate surface area is 142 Å². The molecular formula is C19H20N2OS. The van der Waals surface area contributed by atoms with E-state index in [0.29, 0.717) is 4.99 Å². The lowest BCUT2D eigenvalue weighted by Crippen LogP contribution is -2.49. The largest absolute Gasteiger partial charge is 0.369 e. The molecule has 2 atom stereocenters. The maximum atomic E-state index is 11.1. The second-order valence-electron chi connectivity index (χ2n) is 6.06. The van der Waals surface area contributed by atoms with Crippen LogP contribution in [0.5, 0.6) is 0 Å². The molecule has 1 unspecified atom stereocenters. The Morgan fingerprint density at radius 2 is 1.70 bits per heavy atom. The Morgan fingerprint density at radius 1 is 1.13 bits per heavy atom. The predicted octanol–water partition coefficient (Wildman–Crippen LogP) is 3.62. The molecule has 118 valence electrons. The van der Waals surface area contributed by atoms with Crippen LogP contribution < -0.4 is 0 Å². The number of hydrogen-bond donors (Lipinski definition) is 1. The minimum absolute atomic E-state index is 0.0911. The van der Waals surface area contributed by atoms with Crippen molar-refractivity contribution in [1.29, 1.82) is 0 Å². The van der Waals surface area contributed by atoms with Gasteiger partial charge in [0.2, 0.25) is 0 Å². The molecular weight excluding hydrogens is 304 g/mol. The fourth-order valence-electron chi connectivity index (χ4n) is 3.02. The molecule has 0 radical (unpaired) electrons. The first-order valence-corrected chi connectivity index (χ1v) is 8.12. The van der Waals surface area contributed by atoms with Crippen LogP contribution in [0.4, 0.5) is 0 Å². The molecule has 0 spiro atoms. The predicted molar refractivity (Wildman–Crippen MR) is 97.3 cm³/mol. The monoisotopic (exact) mass is 324 g/mol. The van der Waals surface area contributed by atoms with Gasteiger partial charge in [-0.3, -0.25) is 0 Å². The number of rotatable bonds is 3. The van der Waals surface area contributed by atoms with Crippen molar-refractivity contribution in [2.24, 2.45) is 11.0 Å². The molecule has 0 saturated heterocycles. The van der Waals surface area contributed by atoms with Crippen LogP contribution in [0.15, 0.2) is 65.8 Å². The second-order valence-corrected chi connectivity index (χ2v) is 6.45. The van der Waals surface area contributed by atoms with Crippen molar-refractivity contribution in [2.75, 3.05) is 0 Å². The highest BCUT2D eigenvalue weighted by atomic mass is 32.1. The van der Waals surface area contributed by atoms with E-state index < -0.39 is 5.72 Å². The molecule has 3 rings (SSSR count). The van der Waals surface area contributed by atoms with Gasteiger partial charge in [-0.2, -0.15) is 5.10 Å². The maximum Gasteiger partial charge on any atom is 0.165 e. The Morgan fingerprint density at radius 3 is 2.30 bits per heavy atom. The molecule has 3 nitrogen and oxygen atoms in total. The fourth-order valence-corrected chi connectivity index (χ4v) is 3.38. The van der Waals surface area contributed by atoms with Gasteiger partial charge in [-0.15, -0.1) is 0 Å². The van der Waals surface area contributed by atoms with E-state index in [1.54, 1.807) is 11.9 Å². The van der Waals surface area contributed by atoms with Crippen LogP contribution in [-0.2, 0) is 6.42 Å².